The van der Waals surface area contributed by atoms with Crippen molar-refractivity contribution < 1.29 is 19.1 Å². The van der Waals surface area contributed by atoms with E-state index in [1.54, 1.807) is 23.1 Å². The van der Waals surface area contributed by atoms with Crippen molar-refractivity contribution in [2.45, 2.75) is 20.4 Å². The maximum absolute atomic E-state index is 13.6. The van der Waals surface area contributed by atoms with Gasteiger partial charge in [0.05, 0.1) is 26.5 Å². The minimum Gasteiger partial charge on any atom is -0.493 e. The second-order valence-electron chi connectivity index (χ2n) is 8.70. The predicted octanol–water partition coefficient (Wildman–Crippen LogP) is 1.07. The summed E-state index contributed by atoms with van der Waals surface area (Å²) in [7, 11) is 2.96. The first-order chi connectivity index (χ1) is 17.7. The van der Waals surface area contributed by atoms with Crippen molar-refractivity contribution >= 4 is 11.8 Å². The van der Waals surface area contributed by atoms with E-state index < -0.39 is 17.2 Å². The van der Waals surface area contributed by atoms with Crippen molar-refractivity contribution in [2.24, 2.45) is 0 Å². The summed E-state index contributed by atoms with van der Waals surface area (Å²) in [6, 6.07) is 12.2. The summed E-state index contributed by atoms with van der Waals surface area (Å²) in [5.74, 6) is 0.138. The number of hydrogen-bond acceptors (Lipinski definition) is 7. The van der Waals surface area contributed by atoms with Crippen LogP contribution in [0.25, 0.3) is 5.69 Å². The zero-order valence-electron chi connectivity index (χ0n) is 21.3. The molecule has 3 aromatic rings. The molecule has 4 rings (SSSR count). The van der Waals surface area contributed by atoms with Crippen molar-refractivity contribution in [1.82, 2.24) is 24.1 Å². The second kappa shape index (κ2) is 10.7. The minimum atomic E-state index is -0.774. The average Bonchev–Trinajstić information content (AvgIpc) is 2.91. The van der Waals surface area contributed by atoms with E-state index in [-0.39, 0.29) is 31.2 Å². The molecule has 0 N–H and O–H groups in total. The minimum absolute atomic E-state index is 0.0292. The van der Waals surface area contributed by atoms with Crippen LogP contribution in [-0.2, 0) is 11.3 Å². The SMILES string of the molecule is COc1ccc(-n2nc(C(=O)N3CCN(C(C)=O)CC3)c(=O)n(Cc3ccccc3C)c2=O)cc1OC. The molecule has 0 aliphatic carbocycles. The fraction of sp³-hybridized carbons (Fsp3) is 0.346. The molecule has 11 heteroatoms. The smallest absolute Gasteiger partial charge is 0.352 e. The number of aryl methyl sites for hydroxylation is 1. The maximum atomic E-state index is 13.6. The van der Waals surface area contributed by atoms with Crippen molar-refractivity contribution in [3.05, 3.63) is 80.1 Å². The van der Waals surface area contributed by atoms with E-state index in [4.69, 9.17) is 9.47 Å². The molecule has 1 aliphatic heterocycles. The number of nitrogens with zero attached hydrogens (tertiary/aromatic N) is 5. The monoisotopic (exact) mass is 507 g/mol. The van der Waals surface area contributed by atoms with Crippen LogP contribution in [0.4, 0.5) is 0 Å². The fourth-order valence-electron chi connectivity index (χ4n) is 4.25. The summed E-state index contributed by atoms with van der Waals surface area (Å²) in [6.45, 7) is 4.55. The molecule has 0 atom stereocenters. The number of rotatable bonds is 6. The Morgan fingerprint density at radius 1 is 0.919 bits per heavy atom. The van der Waals surface area contributed by atoms with Crippen molar-refractivity contribution in [3.8, 4) is 17.2 Å². The Hall–Kier alpha value is -4.41. The number of piperazine rings is 1. The lowest BCUT2D eigenvalue weighted by molar-refractivity contribution is -0.130. The Kier molecular flexibility index (Phi) is 7.42. The van der Waals surface area contributed by atoms with Gasteiger partial charge in [-0.1, -0.05) is 24.3 Å². The number of benzene rings is 2. The van der Waals surface area contributed by atoms with Crippen LogP contribution in [0.15, 0.2) is 52.1 Å². The summed E-state index contributed by atoms with van der Waals surface area (Å²) in [4.78, 5) is 55.3. The Balaban J connectivity index is 1.84. The molecule has 0 bridgehead atoms. The average molecular weight is 508 g/mol. The second-order valence-corrected chi connectivity index (χ2v) is 8.70. The lowest BCUT2D eigenvalue weighted by Gasteiger charge is -2.33. The first kappa shape index (κ1) is 25.7. The molecular formula is C26H29N5O6. The number of amides is 2. The number of aromatic nitrogens is 3. The standard InChI is InChI=1S/C26H29N5O6/c1-17-7-5-6-8-19(17)16-30-25(34)23(24(33)29-13-11-28(12-14-29)18(2)32)27-31(26(30)35)20-9-10-21(36-3)22(15-20)37-4/h5-10,15H,11-14,16H2,1-4H3. The third kappa shape index (κ3) is 5.11. The molecule has 0 spiro atoms. The van der Waals surface area contributed by atoms with Gasteiger partial charge in [0.25, 0.3) is 11.5 Å². The van der Waals surface area contributed by atoms with Gasteiger partial charge in [-0.15, -0.1) is 0 Å². The van der Waals surface area contributed by atoms with Crippen LogP contribution in [0, 0.1) is 6.92 Å². The summed E-state index contributed by atoms with van der Waals surface area (Å²) in [5.41, 5.74) is 0.120. The first-order valence-corrected chi connectivity index (χ1v) is 11.8. The molecule has 2 heterocycles. The molecule has 1 fully saturated rings. The van der Waals surface area contributed by atoms with Gasteiger partial charge in [-0.05, 0) is 30.2 Å². The summed E-state index contributed by atoms with van der Waals surface area (Å²) < 4.78 is 12.7. The van der Waals surface area contributed by atoms with E-state index in [0.29, 0.717) is 30.3 Å². The van der Waals surface area contributed by atoms with E-state index >= 15 is 0 Å². The summed E-state index contributed by atoms with van der Waals surface area (Å²) in [6.07, 6.45) is 0. The van der Waals surface area contributed by atoms with Gasteiger partial charge in [-0.2, -0.15) is 9.78 Å². The summed E-state index contributed by atoms with van der Waals surface area (Å²) in [5, 5.41) is 4.23. The van der Waals surface area contributed by atoms with E-state index in [9.17, 15) is 19.2 Å². The Labute approximate surface area is 213 Å². The molecule has 1 saturated heterocycles. The molecule has 2 aromatic carbocycles. The number of carbonyl (C=O) groups is 2. The van der Waals surface area contributed by atoms with Crippen LogP contribution in [0.3, 0.4) is 0 Å². The van der Waals surface area contributed by atoms with Crippen LogP contribution in [-0.4, -0.2) is 76.4 Å². The number of ether oxygens (including phenoxy) is 2. The predicted molar refractivity (Wildman–Crippen MR) is 136 cm³/mol. The molecule has 1 aliphatic rings. The normalized spacial score (nSPS) is 13.4. The van der Waals surface area contributed by atoms with Gasteiger partial charge >= 0.3 is 5.69 Å². The zero-order valence-corrected chi connectivity index (χ0v) is 21.3. The van der Waals surface area contributed by atoms with Gasteiger partial charge in [0, 0.05) is 39.2 Å². The lowest BCUT2D eigenvalue weighted by atomic mass is 10.1. The van der Waals surface area contributed by atoms with Gasteiger partial charge < -0.3 is 19.3 Å². The van der Waals surface area contributed by atoms with E-state index in [2.05, 4.69) is 5.10 Å². The highest BCUT2D eigenvalue weighted by atomic mass is 16.5. The highest BCUT2D eigenvalue weighted by Gasteiger charge is 2.28. The van der Waals surface area contributed by atoms with Crippen LogP contribution >= 0.6 is 0 Å². The van der Waals surface area contributed by atoms with Gasteiger partial charge in [-0.3, -0.25) is 19.0 Å². The van der Waals surface area contributed by atoms with Gasteiger partial charge in [0.2, 0.25) is 11.6 Å². The molecule has 37 heavy (non-hydrogen) atoms. The van der Waals surface area contributed by atoms with Crippen molar-refractivity contribution in [1.29, 1.82) is 0 Å². The van der Waals surface area contributed by atoms with Crippen LogP contribution in [0.2, 0.25) is 0 Å². The number of carbonyl (C=O) groups excluding carboxylic acids is 2. The van der Waals surface area contributed by atoms with Crippen LogP contribution in [0.5, 0.6) is 11.5 Å². The molecule has 0 unspecified atom stereocenters. The largest absolute Gasteiger partial charge is 0.493 e. The number of hydrogen-bond donors (Lipinski definition) is 0. The molecule has 0 radical (unpaired) electrons. The third-order valence-corrected chi connectivity index (χ3v) is 6.48. The molecule has 0 saturated carbocycles. The third-order valence-electron chi connectivity index (χ3n) is 6.48. The van der Waals surface area contributed by atoms with E-state index in [1.807, 2.05) is 31.2 Å². The highest BCUT2D eigenvalue weighted by Crippen LogP contribution is 2.28. The van der Waals surface area contributed by atoms with Crippen molar-refractivity contribution in [3.63, 3.8) is 0 Å². The van der Waals surface area contributed by atoms with E-state index in [0.717, 1.165) is 20.4 Å². The Morgan fingerprint density at radius 3 is 2.19 bits per heavy atom. The number of methoxy groups -OCH3 is 2. The van der Waals surface area contributed by atoms with E-state index in [1.165, 1.54) is 26.0 Å². The van der Waals surface area contributed by atoms with Crippen molar-refractivity contribution in [2.75, 3.05) is 40.4 Å². The Morgan fingerprint density at radius 2 is 1.57 bits per heavy atom. The first-order valence-electron chi connectivity index (χ1n) is 11.8. The molecule has 11 nitrogen and oxygen atoms in total. The highest BCUT2D eigenvalue weighted by molar-refractivity contribution is 5.92. The van der Waals surface area contributed by atoms with Gasteiger partial charge in [0.1, 0.15) is 0 Å². The fourth-order valence-corrected chi connectivity index (χ4v) is 4.25. The zero-order chi connectivity index (χ0) is 26.7. The van der Waals surface area contributed by atoms with Gasteiger partial charge in [0.15, 0.2) is 11.5 Å². The Bertz CT molecular complexity index is 1450. The van der Waals surface area contributed by atoms with Crippen LogP contribution < -0.4 is 20.7 Å². The molecule has 2 amide bonds. The molecule has 1 aromatic heterocycles. The van der Waals surface area contributed by atoms with Crippen LogP contribution in [0.1, 0.15) is 28.5 Å². The maximum Gasteiger partial charge on any atom is 0.352 e. The quantitative estimate of drug-likeness (QED) is 0.490. The molecular weight excluding hydrogens is 478 g/mol. The lowest BCUT2D eigenvalue weighted by Crippen LogP contribution is -2.52. The topological polar surface area (TPSA) is 116 Å². The molecule has 194 valence electrons. The van der Waals surface area contributed by atoms with Gasteiger partial charge in [-0.25, -0.2) is 4.79 Å². The summed E-state index contributed by atoms with van der Waals surface area (Å²) >= 11 is 0.